The summed E-state index contributed by atoms with van der Waals surface area (Å²) in [4.78, 5) is 22.6. The van der Waals surface area contributed by atoms with Crippen LogP contribution in [-0.2, 0) is 11.2 Å². The van der Waals surface area contributed by atoms with Crippen LogP contribution < -0.4 is 5.32 Å². The molecule has 0 aromatic heterocycles. The average Bonchev–Trinajstić information content (AvgIpc) is 2.43. The summed E-state index contributed by atoms with van der Waals surface area (Å²) in [6, 6.07) is 10.8. The normalized spacial score (nSPS) is 10.2. The van der Waals surface area contributed by atoms with Gasteiger partial charge in [-0.15, -0.1) is 0 Å². The number of anilines is 1. The maximum absolute atomic E-state index is 13.7. The molecule has 2 N–H and O–H groups in total. The first-order valence-corrected chi connectivity index (χ1v) is 6.34. The fourth-order valence-corrected chi connectivity index (χ4v) is 1.93. The van der Waals surface area contributed by atoms with Crippen LogP contribution in [0.2, 0.25) is 0 Å². The Morgan fingerprint density at radius 2 is 1.90 bits per heavy atom. The number of carboxylic acid groups (broad SMARTS) is 1. The molecule has 4 nitrogen and oxygen atoms in total. The lowest BCUT2D eigenvalue weighted by Gasteiger charge is -2.08. The minimum Gasteiger partial charge on any atom is -0.478 e. The number of halogens is 1. The van der Waals surface area contributed by atoms with Crippen LogP contribution in [0.5, 0.6) is 0 Å². The van der Waals surface area contributed by atoms with Gasteiger partial charge in [-0.2, -0.15) is 0 Å². The molecule has 5 heteroatoms. The summed E-state index contributed by atoms with van der Waals surface area (Å²) in [5, 5.41) is 11.2. The molecule has 0 saturated heterocycles. The monoisotopic (exact) mass is 287 g/mol. The second-order valence-electron chi connectivity index (χ2n) is 4.65. The van der Waals surface area contributed by atoms with E-state index in [9.17, 15) is 14.0 Å². The summed E-state index contributed by atoms with van der Waals surface area (Å²) < 4.78 is 13.7. The van der Waals surface area contributed by atoms with Gasteiger partial charge in [0.25, 0.3) is 0 Å². The lowest BCUT2D eigenvalue weighted by Crippen LogP contribution is -2.16. The first-order valence-electron chi connectivity index (χ1n) is 6.34. The van der Waals surface area contributed by atoms with E-state index in [0.717, 1.165) is 17.2 Å². The fraction of sp³-hybridized carbons (Fsp3) is 0.125. The van der Waals surface area contributed by atoms with Crippen LogP contribution in [0.4, 0.5) is 10.1 Å². The van der Waals surface area contributed by atoms with E-state index in [4.69, 9.17) is 5.11 Å². The van der Waals surface area contributed by atoms with Gasteiger partial charge in [0.15, 0.2) is 0 Å². The van der Waals surface area contributed by atoms with Crippen molar-refractivity contribution >= 4 is 17.6 Å². The fourth-order valence-electron chi connectivity index (χ4n) is 1.93. The molecular weight excluding hydrogens is 273 g/mol. The number of rotatable bonds is 4. The lowest BCUT2D eigenvalue weighted by atomic mass is 10.1. The van der Waals surface area contributed by atoms with E-state index in [2.05, 4.69) is 5.32 Å². The molecular formula is C16H14FNO3. The van der Waals surface area contributed by atoms with Gasteiger partial charge < -0.3 is 10.4 Å². The number of amides is 1. The molecule has 2 rings (SSSR count). The standard InChI is InChI=1S/C16H14FNO3/c1-10-4-2-3-5-11(10)9-15(19)18-14-7-6-12(16(20)21)8-13(14)17/h2-8H,9H2,1H3,(H,18,19)(H,20,21). The minimum atomic E-state index is -1.22. The molecule has 0 atom stereocenters. The highest BCUT2D eigenvalue weighted by Gasteiger charge is 2.11. The summed E-state index contributed by atoms with van der Waals surface area (Å²) in [7, 11) is 0. The molecule has 0 unspecified atom stereocenters. The number of nitrogens with one attached hydrogen (secondary N) is 1. The van der Waals surface area contributed by atoms with Crippen molar-refractivity contribution in [3.63, 3.8) is 0 Å². The van der Waals surface area contributed by atoms with Gasteiger partial charge in [-0.1, -0.05) is 24.3 Å². The van der Waals surface area contributed by atoms with Crippen molar-refractivity contribution in [3.8, 4) is 0 Å². The van der Waals surface area contributed by atoms with E-state index in [-0.39, 0.29) is 23.6 Å². The highest BCUT2D eigenvalue weighted by molar-refractivity contribution is 5.93. The smallest absolute Gasteiger partial charge is 0.335 e. The van der Waals surface area contributed by atoms with Crippen LogP contribution in [0.25, 0.3) is 0 Å². The van der Waals surface area contributed by atoms with Crippen LogP contribution in [0.1, 0.15) is 21.5 Å². The van der Waals surface area contributed by atoms with Gasteiger partial charge in [0.1, 0.15) is 5.82 Å². The summed E-state index contributed by atoms with van der Waals surface area (Å²) >= 11 is 0. The molecule has 21 heavy (non-hydrogen) atoms. The molecule has 0 aliphatic carbocycles. The third-order valence-electron chi connectivity index (χ3n) is 3.10. The van der Waals surface area contributed by atoms with Crippen molar-refractivity contribution in [2.75, 3.05) is 5.32 Å². The Balaban J connectivity index is 2.10. The molecule has 0 saturated carbocycles. The van der Waals surface area contributed by atoms with E-state index in [1.807, 2.05) is 31.2 Å². The molecule has 108 valence electrons. The molecule has 2 aromatic rings. The Kier molecular flexibility index (Phi) is 4.33. The van der Waals surface area contributed by atoms with Crippen molar-refractivity contribution in [2.45, 2.75) is 13.3 Å². The zero-order valence-electron chi connectivity index (χ0n) is 11.4. The number of aryl methyl sites for hydroxylation is 1. The van der Waals surface area contributed by atoms with Crippen LogP contribution in [0.3, 0.4) is 0 Å². The van der Waals surface area contributed by atoms with E-state index >= 15 is 0 Å². The summed E-state index contributed by atoms with van der Waals surface area (Å²) in [6.07, 6.45) is 0.132. The molecule has 0 spiro atoms. The van der Waals surface area contributed by atoms with Crippen LogP contribution >= 0.6 is 0 Å². The molecule has 0 aliphatic heterocycles. The number of carbonyl (C=O) groups excluding carboxylic acids is 1. The van der Waals surface area contributed by atoms with Crippen LogP contribution in [-0.4, -0.2) is 17.0 Å². The molecule has 0 radical (unpaired) electrons. The van der Waals surface area contributed by atoms with E-state index in [0.29, 0.717) is 0 Å². The molecule has 1 amide bonds. The predicted octanol–water partition coefficient (Wildman–Crippen LogP) is 3.01. The first kappa shape index (κ1) is 14.7. The Morgan fingerprint density at radius 3 is 2.52 bits per heavy atom. The third kappa shape index (κ3) is 3.66. The van der Waals surface area contributed by atoms with E-state index in [1.54, 1.807) is 0 Å². The first-order chi connectivity index (χ1) is 9.97. The summed E-state index contributed by atoms with van der Waals surface area (Å²) in [5.74, 6) is -2.34. The number of hydrogen-bond donors (Lipinski definition) is 2. The number of hydrogen-bond acceptors (Lipinski definition) is 2. The van der Waals surface area contributed by atoms with Crippen LogP contribution in [0.15, 0.2) is 42.5 Å². The molecule has 0 aliphatic rings. The summed E-state index contributed by atoms with van der Waals surface area (Å²) in [5.41, 5.74) is 1.65. The van der Waals surface area contributed by atoms with Crippen LogP contribution in [0, 0.1) is 12.7 Å². The zero-order chi connectivity index (χ0) is 15.4. The number of carboxylic acids is 1. The zero-order valence-corrected chi connectivity index (χ0v) is 11.4. The Morgan fingerprint density at radius 1 is 1.19 bits per heavy atom. The molecule has 2 aromatic carbocycles. The van der Waals surface area contributed by atoms with Gasteiger partial charge >= 0.3 is 5.97 Å². The van der Waals surface area contributed by atoms with Gasteiger partial charge in [0.2, 0.25) is 5.91 Å². The molecule has 0 bridgehead atoms. The number of benzene rings is 2. The van der Waals surface area contributed by atoms with Gasteiger partial charge in [-0.3, -0.25) is 4.79 Å². The number of aromatic carboxylic acids is 1. The third-order valence-corrected chi connectivity index (χ3v) is 3.10. The topological polar surface area (TPSA) is 66.4 Å². The van der Waals surface area contributed by atoms with Crippen molar-refractivity contribution in [1.29, 1.82) is 0 Å². The SMILES string of the molecule is Cc1ccccc1CC(=O)Nc1ccc(C(=O)O)cc1F. The van der Waals surface area contributed by atoms with E-state index < -0.39 is 11.8 Å². The predicted molar refractivity (Wildman–Crippen MR) is 76.9 cm³/mol. The van der Waals surface area contributed by atoms with Gasteiger partial charge in [0.05, 0.1) is 17.7 Å². The Bertz CT molecular complexity index is 698. The van der Waals surface area contributed by atoms with Gasteiger partial charge in [0, 0.05) is 0 Å². The second kappa shape index (κ2) is 6.17. The largest absolute Gasteiger partial charge is 0.478 e. The van der Waals surface area contributed by atoms with Gasteiger partial charge in [-0.05, 0) is 36.2 Å². The van der Waals surface area contributed by atoms with Crippen molar-refractivity contribution in [1.82, 2.24) is 0 Å². The Hall–Kier alpha value is -2.69. The Labute approximate surface area is 121 Å². The van der Waals surface area contributed by atoms with Crippen molar-refractivity contribution in [3.05, 3.63) is 65.0 Å². The van der Waals surface area contributed by atoms with Crippen molar-refractivity contribution in [2.24, 2.45) is 0 Å². The molecule has 0 heterocycles. The second-order valence-corrected chi connectivity index (χ2v) is 4.65. The average molecular weight is 287 g/mol. The maximum atomic E-state index is 13.7. The maximum Gasteiger partial charge on any atom is 0.335 e. The van der Waals surface area contributed by atoms with Gasteiger partial charge in [-0.25, -0.2) is 9.18 Å². The quantitative estimate of drug-likeness (QED) is 0.908. The lowest BCUT2D eigenvalue weighted by molar-refractivity contribution is -0.115. The summed E-state index contributed by atoms with van der Waals surface area (Å²) in [6.45, 7) is 1.89. The molecule has 0 fully saturated rings. The highest BCUT2D eigenvalue weighted by Crippen LogP contribution is 2.17. The minimum absolute atomic E-state index is 0.0291. The number of carbonyl (C=O) groups is 2. The van der Waals surface area contributed by atoms with Crippen molar-refractivity contribution < 1.29 is 19.1 Å². The van der Waals surface area contributed by atoms with E-state index in [1.165, 1.54) is 12.1 Å². The highest BCUT2D eigenvalue weighted by atomic mass is 19.1.